The lowest BCUT2D eigenvalue weighted by molar-refractivity contribution is -0.120. The Morgan fingerprint density at radius 3 is 2.79 bits per heavy atom. The number of ether oxygens (including phenoxy) is 2. The molecule has 1 saturated heterocycles. The van der Waals surface area contributed by atoms with Gasteiger partial charge in [0.1, 0.15) is 17.9 Å². The van der Waals surface area contributed by atoms with Crippen molar-refractivity contribution in [2.45, 2.75) is 6.92 Å². The Bertz CT molecular complexity index is 1200. The van der Waals surface area contributed by atoms with E-state index in [4.69, 9.17) is 9.47 Å². The molecule has 2 aromatic carbocycles. The molecule has 0 unspecified atom stereocenters. The molecule has 2 N–H and O–H groups in total. The van der Waals surface area contributed by atoms with Crippen LogP contribution < -0.4 is 10.2 Å². The van der Waals surface area contributed by atoms with Crippen LogP contribution in [-0.2, 0) is 4.74 Å². The zero-order valence-corrected chi connectivity index (χ0v) is 15.9. The third kappa shape index (κ3) is 3.25. The van der Waals surface area contributed by atoms with E-state index in [1.807, 2.05) is 41.0 Å². The number of hydrogen-bond donors (Lipinski definition) is 2. The molecule has 0 amide bonds. The molecule has 1 fully saturated rings. The molecule has 2 aromatic heterocycles. The Labute approximate surface area is 167 Å². The molecule has 5 rings (SSSR count). The number of aromatic nitrogens is 3. The highest BCUT2D eigenvalue weighted by Crippen LogP contribution is 2.29. The molecule has 8 heteroatoms. The van der Waals surface area contributed by atoms with Gasteiger partial charge in [-0.1, -0.05) is 25.1 Å². The number of nitrogens with zero attached hydrogens (tertiary/aromatic N) is 3. The lowest BCUT2D eigenvalue weighted by Crippen LogP contribution is -2.44. The Kier molecular flexibility index (Phi) is 4.27. The lowest BCUT2D eigenvalue weighted by Gasteiger charge is -2.37. The Morgan fingerprint density at radius 1 is 1.17 bits per heavy atom. The van der Waals surface area contributed by atoms with E-state index >= 15 is 0 Å². The summed E-state index contributed by atoms with van der Waals surface area (Å²) in [5, 5.41) is 20.1. The molecule has 4 aromatic rings. The van der Waals surface area contributed by atoms with Crippen molar-refractivity contribution in [2.75, 3.05) is 19.8 Å². The van der Waals surface area contributed by atoms with Crippen molar-refractivity contribution in [3.63, 3.8) is 0 Å². The van der Waals surface area contributed by atoms with Crippen molar-refractivity contribution >= 4 is 34.5 Å². The highest BCUT2D eigenvalue weighted by molar-refractivity contribution is 6.61. The van der Waals surface area contributed by atoms with Crippen LogP contribution in [0.15, 0.2) is 54.9 Å². The Balaban J connectivity index is 1.49. The maximum atomic E-state index is 9.65. The summed E-state index contributed by atoms with van der Waals surface area (Å²) in [5.41, 5.74) is 2.70. The van der Waals surface area contributed by atoms with Gasteiger partial charge in [-0.25, -0.2) is 9.97 Å². The van der Waals surface area contributed by atoms with Gasteiger partial charge in [0.25, 0.3) is 0 Å². The van der Waals surface area contributed by atoms with E-state index < -0.39 is 7.12 Å². The summed E-state index contributed by atoms with van der Waals surface area (Å²) in [6.45, 7) is 4.20. The van der Waals surface area contributed by atoms with Gasteiger partial charge in [0.05, 0.1) is 36.4 Å². The van der Waals surface area contributed by atoms with Gasteiger partial charge in [-0.3, -0.25) is 4.57 Å². The van der Waals surface area contributed by atoms with Crippen molar-refractivity contribution in [1.82, 2.24) is 14.5 Å². The average Bonchev–Trinajstić information content (AvgIpc) is 3.13. The molecule has 0 radical (unpaired) electrons. The molecule has 7 nitrogen and oxygen atoms in total. The molecule has 0 saturated carbocycles. The van der Waals surface area contributed by atoms with Gasteiger partial charge in [0, 0.05) is 16.9 Å². The van der Waals surface area contributed by atoms with Crippen molar-refractivity contribution < 1.29 is 19.5 Å². The average molecular weight is 389 g/mol. The predicted octanol–water partition coefficient (Wildman–Crippen LogP) is 1.67. The highest BCUT2D eigenvalue weighted by Gasteiger charge is 2.34. The number of benzene rings is 2. The minimum Gasteiger partial charge on any atom is -0.493 e. The first-order valence-electron chi connectivity index (χ1n) is 9.46. The Morgan fingerprint density at radius 2 is 2.03 bits per heavy atom. The van der Waals surface area contributed by atoms with Gasteiger partial charge >= 0.3 is 7.12 Å². The molecular formula is C21H20BN3O4. The zero-order chi connectivity index (χ0) is 20.0. The normalized spacial score (nSPS) is 15.4. The molecule has 0 spiro atoms. The second-order valence-electron chi connectivity index (χ2n) is 7.82. The van der Waals surface area contributed by atoms with Gasteiger partial charge in [-0.2, -0.15) is 0 Å². The first kappa shape index (κ1) is 18.1. The van der Waals surface area contributed by atoms with Crippen LogP contribution in [0.1, 0.15) is 6.92 Å². The summed E-state index contributed by atoms with van der Waals surface area (Å²) in [6, 6.07) is 14.9. The molecule has 146 valence electrons. The molecule has 29 heavy (non-hydrogen) atoms. The van der Waals surface area contributed by atoms with Gasteiger partial charge < -0.3 is 19.5 Å². The first-order valence-corrected chi connectivity index (χ1v) is 9.46. The van der Waals surface area contributed by atoms with E-state index in [-0.39, 0.29) is 5.41 Å². The smallest absolute Gasteiger partial charge is 0.490 e. The summed E-state index contributed by atoms with van der Waals surface area (Å²) in [6.07, 6.45) is 1.71. The molecule has 1 aliphatic heterocycles. The summed E-state index contributed by atoms with van der Waals surface area (Å²) >= 11 is 0. The van der Waals surface area contributed by atoms with Gasteiger partial charge in [-0.15, -0.1) is 0 Å². The van der Waals surface area contributed by atoms with Crippen molar-refractivity contribution in [1.29, 1.82) is 0 Å². The van der Waals surface area contributed by atoms with E-state index in [1.165, 1.54) is 0 Å². The molecular weight excluding hydrogens is 369 g/mol. The van der Waals surface area contributed by atoms with Crippen LogP contribution in [0.25, 0.3) is 27.8 Å². The molecule has 0 bridgehead atoms. The van der Waals surface area contributed by atoms with Crippen LogP contribution in [0.5, 0.6) is 5.75 Å². The highest BCUT2D eigenvalue weighted by atomic mass is 16.5. The number of rotatable bonds is 5. The van der Waals surface area contributed by atoms with Gasteiger partial charge in [-0.05, 0) is 29.7 Å². The van der Waals surface area contributed by atoms with Crippen LogP contribution >= 0.6 is 0 Å². The van der Waals surface area contributed by atoms with Crippen molar-refractivity contribution in [2.24, 2.45) is 5.41 Å². The maximum absolute atomic E-state index is 9.65. The fourth-order valence-corrected chi connectivity index (χ4v) is 3.56. The number of hydrogen-bond acceptors (Lipinski definition) is 6. The fraction of sp³-hybridized carbons (Fsp3) is 0.238. The molecule has 0 aliphatic carbocycles. The van der Waals surface area contributed by atoms with Crippen LogP contribution in [-0.4, -0.2) is 51.5 Å². The van der Waals surface area contributed by atoms with Crippen LogP contribution in [0, 0.1) is 5.41 Å². The fourth-order valence-electron chi connectivity index (χ4n) is 3.56. The van der Waals surface area contributed by atoms with Gasteiger partial charge in [0.2, 0.25) is 0 Å². The molecule has 0 atom stereocenters. The standard InChI is InChI=1S/C21H20BN3O4/c1-21(10-28-11-21)12-29-15-6-7-18-17(9-15)23-13-25(18)19-8-5-14-3-2-4-16(22(26)27)20(14)24-19/h2-9,13,26-27H,10-12H2,1H3. The minimum atomic E-state index is -1.58. The van der Waals surface area contributed by atoms with E-state index in [0.29, 0.717) is 23.4 Å². The third-order valence-electron chi connectivity index (χ3n) is 5.27. The predicted molar refractivity (Wildman–Crippen MR) is 111 cm³/mol. The largest absolute Gasteiger partial charge is 0.493 e. The summed E-state index contributed by atoms with van der Waals surface area (Å²) in [5.74, 6) is 1.42. The SMILES string of the molecule is CC1(COc2ccc3c(c2)ncn3-c2ccc3cccc(B(O)O)c3n2)COC1. The second-order valence-corrected chi connectivity index (χ2v) is 7.82. The van der Waals surface area contributed by atoms with Gasteiger partial charge in [0.15, 0.2) is 0 Å². The topological polar surface area (TPSA) is 89.6 Å². The van der Waals surface area contributed by atoms with Crippen molar-refractivity contribution in [3.8, 4) is 11.6 Å². The second kappa shape index (κ2) is 6.84. The maximum Gasteiger partial charge on any atom is 0.490 e. The lowest BCUT2D eigenvalue weighted by atomic mass is 9.79. The summed E-state index contributed by atoms with van der Waals surface area (Å²) in [7, 11) is -1.58. The monoisotopic (exact) mass is 389 g/mol. The number of para-hydroxylation sites is 1. The van der Waals surface area contributed by atoms with Crippen LogP contribution in [0.4, 0.5) is 0 Å². The van der Waals surface area contributed by atoms with E-state index in [9.17, 15) is 10.0 Å². The molecule has 3 heterocycles. The van der Waals surface area contributed by atoms with Crippen molar-refractivity contribution in [3.05, 3.63) is 54.9 Å². The van der Waals surface area contributed by atoms with E-state index in [0.717, 1.165) is 35.4 Å². The Hall–Kier alpha value is -2.94. The number of imidazole rings is 1. The first-order chi connectivity index (χ1) is 14.0. The quantitative estimate of drug-likeness (QED) is 0.505. The third-order valence-corrected chi connectivity index (χ3v) is 5.27. The van der Waals surface area contributed by atoms with Crippen LogP contribution in [0.2, 0.25) is 0 Å². The summed E-state index contributed by atoms with van der Waals surface area (Å²) in [4.78, 5) is 9.15. The number of fused-ring (bicyclic) bond motifs is 2. The van der Waals surface area contributed by atoms with Crippen LogP contribution in [0.3, 0.4) is 0 Å². The summed E-state index contributed by atoms with van der Waals surface area (Å²) < 4.78 is 13.1. The zero-order valence-electron chi connectivity index (χ0n) is 15.9. The molecule has 1 aliphatic rings. The number of pyridine rings is 1. The van der Waals surface area contributed by atoms with E-state index in [2.05, 4.69) is 16.9 Å². The van der Waals surface area contributed by atoms with E-state index in [1.54, 1.807) is 18.5 Å². The minimum absolute atomic E-state index is 0.0817.